The summed E-state index contributed by atoms with van der Waals surface area (Å²) in [6, 6.07) is 7.75. The first-order chi connectivity index (χ1) is 7.35. The molecule has 3 heteroatoms. The summed E-state index contributed by atoms with van der Waals surface area (Å²) >= 11 is 0. The summed E-state index contributed by atoms with van der Waals surface area (Å²) in [5.41, 5.74) is 1.97. The SMILES string of the molecule is COc1cc(CCO)c2cccnc2c1. The van der Waals surface area contributed by atoms with Crippen molar-refractivity contribution in [1.29, 1.82) is 0 Å². The van der Waals surface area contributed by atoms with E-state index in [0.717, 1.165) is 22.2 Å². The topological polar surface area (TPSA) is 42.4 Å². The minimum Gasteiger partial charge on any atom is -0.497 e. The first-order valence-electron chi connectivity index (χ1n) is 4.87. The Bertz CT molecular complexity index is 468. The highest BCUT2D eigenvalue weighted by molar-refractivity contribution is 5.83. The largest absolute Gasteiger partial charge is 0.497 e. The number of aromatic nitrogens is 1. The van der Waals surface area contributed by atoms with Gasteiger partial charge in [0.05, 0.1) is 12.6 Å². The van der Waals surface area contributed by atoms with Gasteiger partial charge in [-0.2, -0.15) is 0 Å². The number of pyridine rings is 1. The molecule has 0 aliphatic rings. The van der Waals surface area contributed by atoms with Crippen molar-refractivity contribution < 1.29 is 9.84 Å². The molecule has 1 aromatic carbocycles. The maximum atomic E-state index is 8.98. The van der Waals surface area contributed by atoms with E-state index in [0.29, 0.717) is 6.42 Å². The Kier molecular flexibility index (Phi) is 2.83. The van der Waals surface area contributed by atoms with Crippen LogP contribution in [0, 0.1) is 0 Å². The van der Waals surface area contributed by atoms with Crippen LogP contribution < -0.4 is 4.74 Å². The molecular weight excluding hydrogens is 190 g/mol. The predicted octanol–water partition coefficient (Wildman–Crippen LogP) is 1.78. The monoisotopic (exact) mass is 203 g/mol. The van der Waals surface area contributed by atoms with E-state index in [1.54, 1.807) is 13.3 Å². The maximum absolute atomic E-state index is 8.98. The molecule has 2 rings (SSSR count). The summed E-state index contributed by atoms with van der Waals surface area (Å²) in [6.45, 7) is 0.136. The zero-order valence-corrected chi connectivity index (χ0v) is 8.60. The summed E-state index contributed by atoms with van der Waals surface area (Å²) < 4.78 is 5.19. The molecular formula is C12H13NO2. The molecule has 0 atom stereocenters. The van der Waals surface area contributed by atoms with Gasteiger partial charge in [0.2, 0.25) is 0 Å². The second kappa shape index (κ2) is 4.28. The number of aliphatic hydroxyl groups excluding tert-OH is 1. The van der Waals surface area contributed by atoms with Crippen LogP contribution in [0.5, 0.6) is 5.75 Å². The number of nitrogens with zero attached hydrogens (tertiary/aromatic N) is 1. The number of methoxy groups -OCH3 is 1. The molecule has 0 fully saturated rings. The van der Waals surface area contributed by atoms with E-state index in [2.05, 4.69) is 4.98 Å². The van der Waals surface area contributed by atoms with Gasteiger partial charge in [-0.05, 0) is 24.1 Å². The van der Waals surface area contributed by atoms with Gasteiger partial charge in [-0.3, -0.25) is 4.98 Å². The second-order valence-electron chi connectivity index (χ2n) is 3.33. The minimum absolute atomic E-state index is 0.136. The fourth-order valence-electron chi connectivity index (χ4n) is 1.68. The smallest absolute Gasteiger partial charge is 0.121 e. The summed E-state index contributed by atoms with van der Waals surface area (Å²) in [6.07, 6.45) is 2.38. The highest BCUT2D eigenvalue weighted by atomic mass is 16.5. The molecule has 0 radical (unpaired) electrons. The molecule has 0 bridgehead atoms. The molecule has 0 aliphatic carbocycles. The Balaban J connectivity index is 2.63. The Hall–Kier alpha value is -1.61. The van der Waals surface area contributed by atoms with Crippen LogP contribution in [0.1, 0.15) is 5.56 Å². The number of hydrogen-bond acceptors (Lipinski definition) is 3. The van der Waals surface area contributed by atoms with Crippen molar-refractivity contribution in [2.24, 2.45) is 0 Å². The first kappa shape index (κ1) is 9.93. The van der Waals surface area contributed by atoms with Gasteiger partial charge in [-0.15, -0.1) is 0 Å². The Morgan fingerprint density at radius 2 is 2.27 bits per heavy atom. The van der Waals surface area contributed by atoms with Crippen LogP contribution in [-0.2, 0) is 6.42 Å². The van der Waals surface area contributed by atoms with Crippen molar-refractivity contribution in [2.45, 2.75) is 6.42 Å². The van der Waals surface area contributed by atoms with E-state index < -0.39 is 0 Å². The molecule has 0 saturated heterocycles. The lowest BCUT2D eigenvalue weighted by molar-refractivity contribution is 0.300. The van der Waals surface area contributed by atoms with E-state index in [4.69, 9.17) is 9.84 Å². The number of hydrogen-bond donors (Lipinski definition) is 1. The predicted molar refractivity (Wildman–Crippen MR) is 59.1 cm³/mol. The van der Waals surface area contributed by atoms with Gasteiger partial charge < -0.3 is 9.84 Å². The van der Waals surface area contributed by atoms with Crippen LogP contribution in [0.3, 0.4) is 0 Å². The molecule has 0 amide bonds. The Morgan fingerprint density at radius 3 is 3.00 bits per heavy atom. The lowest BCUT2D eigenvalue weighted by Crippen LogP contribution is -1.94. The van der Waals surface area contributed by atoms with E-state index in [9.17, 15) is 0 Å². The Morgan fingerprint density at radius 1 is 1.40 bits per heavy atom. The van der Waals surface area contributed by atoms with Crippen LogP contribution in [0.15, 0.2) is 30.5 Å². The molecule has 3 nitrogen and oxygen atoms in total. The average Bonchev–Trinajstić information content (AvgIpc) is 2.29. The standard InChI is InChI=1S/C12H13NO2/c1-15-10-7-9(4-6-14)11-3-2-5-13-12(11)8-10/h2-3,5,7-8,14H,4,6H2,1H3. The quantitative estimate of drug-likeness (QED) is 0.826. The summed E-state index contributed by atoms with van der Waals surface area (Å²) in [5.74, 6) is 0.782. The molecule has 0 saturated carbocycles. The molecule has 0 unspecified atom stereocenters. The minimum atomic E-state index is 0.136. The van der Waals surface area contributed by atoms with Crippen LogP contribution >= 0.6 is 0 Å². The summed E-state index contributed by atoms with van der Waals surface area (Å²) in [4.78, 5) is 4.27. The number of ether oxygens (including phenoxy) is 1. The van der Waals surface area contributed by atoms with Gasteiger partial charge in [-0.1, -0.05) is 6.07 Å². The van der Waals surface area contributed by atoms with Gasteiger partial charge in [0.25, 0.3) is 0 Å². The van der Waals surface area contributed by atoms with Gasteiger partial charge >= 0.3 is 0 Å². The fraction of sp³-hybridized carbons (Fsp3) is 0.250. The van der Waals surface area contributed by atoms with Gasteiger partial charge in [-0.25, -0.2) is 0 Å². The van der Waals surface area contributed by atoms with Crippen molar-refractivity contribution in [1.82, 2.24) is 4.98 Å². The molecule has 78 valence electrons. The van der Waals surface area contributed by atoms with Crippen LogP contribution in [0.2, 0.25) is 0 Å². The Labute approximate surface area is 88.3 Å². The molecule has 1 heterocycles. The maximum Gasteiger partial charge on any atom is 0.121 e. The molecule has 1 N–H and O–H groups in total. The normalized spacial score (nSPS) is 10.5. The molecule has 0 spiro atoms. The molecule has 0 aliphatic heterocycles. The van der Waals surface area contributed by atoms with Crippen LogP contribution in [0.25, 0.3) is 10.9 Å². The van der Waals surface area contributed by atoms with Crippen LogP contribution in [0.4, 0.5) is 0 Å². The van der Waals surface area contributed by atoms with E-state index in [1.165, 1.54) is 0 Å². The van der Waals surface area contributed by atoms with Crippen molar-refractivity contribution in [2.75, 3.05) is 13.7 Å². The molecule has 2 aromatic rings. The van der Waals surface area contributed by atoms with Crippen molar-refractivity contribution in [3.63, 3.8) is 0 Å². The third kappa shape index (κ3) is 1.92. The number of aliphatic hydroxyl groups is 1. The van der Waals surface area contributed by atoms with Crippen molar-refractivity contribution >= 4 is 10.9 Å². The number of rotatable bonds is 3. The zero-order chi connectivity index (χ0) is 10.7. The third-order valence-corrected chi connectivity index (χ3v) is 2.40. The van der Waals surface area contributed by atoms with Gasteiger partial charge in [0, 0.05) is 24.3 Å². The third-order valence-electron chi connectivity index (χ3n) is 2.40. The zero-order valence-electron chi connectivity index (χ0n) is 8.60. The summed E-state index contributed by atoms with van der Waals surface area (Å²) in [5, 5.41) is 10.1. The number of fused-ring (bicyclic) bond motifs is 1. The lowest BCUT2D eigenvalue weighted by atomic mass is 10.1. The highest BCUT2D eigenvalue weighted by Crippen LogP contribution is 2.23. The lowest BCUT2D eigenvalue weighted by Gasteiger charge is -2.07. The highest BCUT2D eigenvalue weighted by Gasteiger charge is 2.04. The van der Waals surface area contributed by atoms with Gasteiger partial charge in [0.1, 0.15) is 5.75 Å². The van der Waals surface area contributed by atoms with E-state index in [1.807, 2.05) is 24.3 Å². The van der Waals surface area contributed by atoms with Gasteiger partial charge in [0.15, 0.2) is 0 Å². The average molecular weight is 203 g/mol. The second-order valence-corrected chi connectivity index (χ2v) is 3.33. The fourth-order valence-corrected chi connectivity index (χ4v) is 1.68. The van der Waals surface area contributed by atoms with Crippen molar-refractivity contribution in [3.8, 4) is 5.75 Å². The number of benzene rings is 1. The molecule has 15 heavy (non-hydrogen) atoms. The first-order valence-corrected chi connectivity index (χ1v) is 4.87. The summed E-state index contributed by atoms with van der Waals surface area (Å²) in [7, 11) is 1.63. The van der Waals surface area contributed by atoms with Crippen molar-refractivity contribution in [3.05, 3.63) is 36.0 Å². The molecule has 1 aromatic heterocycles. The van der Waals surface area contributed by atoms with Crippen LogP contribution in [-0.4, -0.2) is 23.8 Å². The van der Waals surface area contributed by atoms with E-state index >= 15 is 0 Å². The van der Waals surface area contributed by atoms with E-state index in [-0.39, 0.29) is 6.61 Å².